The van der Waals surface area contributed by atoms with Crippen molar-refractivity contribution in [3.05, 3.63) is 143 Å². The molecule has 17 heteroatoms. The second kappa shape index (κ2) is 15.5. The van der Waals surface area contributed by atoms with E-state index in [1.807, 2.05) is 54.6 Å². The van der Waals surface area contributed by atoms with Crippen LogP contribution in [0.25, 0.3) is 56.0 Å². The summed E-state index contributed by atoms with van der Waals surface area (Å²) in [5.74, 6) is 0.187. The third-order valence-electron chi connectivity index (χ3n) is 10.8. The number of alkyl halides is 6. The monoisotopic (exact) mass is 832 g/mol. The third-order valence-corrected chi connectivity index (χ3v) is 10.8. The van der Waals surface area contributed by atoms with Gasteiger partial charge in [0.05, 0.1) is 46.2 Å². The Hall–Kier alpha value is -7.01. The molecule has 6 heterocycles. The van der Waals surface area contributed by atoms with E-state index in [0.29, 0.717) is 34.6 Å². The Kier molecular flexibility index (Phi) is 10.1. The molecule has 0 saturated heterocycles. The quantitative estimate of drug-likeness (QED) is 0.101. The van der Waals surface area contributed by atoms with Crippen molar-refractivity contribution in [2.75, 3.05) is 0 Å². The minimum atomic E-state index is -4.54. The Balaban J connectivity index is 0.000000156. The number of nitrogens with zero attached hydrogens (tertiary/aromatic N) is 9. The van der Waals surface area contributed by atoms with Gasteiger partial charge in [-0.15, -0.1) is 0 Å². The van der Waals surface area contributed by atoms with Gasteiger partial charge in [0.1, 0.15) is 17.1 Å². The lowest BCUT2D eigenvalue weighted by molar-refractivity contribution is -0.141. The predicted octanol–water partition coefficient (Wildman–Crippen LogP) is 9.85. The van der Waals surface area contributed by atoms with Gasteiger partial charge >= 0.3 is 12.4 Å². The topological polar surface area (TPSA) is 146 Å². The molecule has 10 rings (SSSR count). The zero-order chi connectivity index (χ0) is 42.5. The van der Waals surface area contributed by atoms with Crippen LogP contribution in [0.2, 0.25) is 0 Å². The Morgan fingerprint density at radius 2 is 1.15 bits per heavy atom. The molecule has 0 bridgehead atoms. The fourth-order valence-electron chi connectivity index (χ4n) is 7.73. The molecule has 6 aromatic heterocycles. The van der Waals surface area contributed by atoms with Crippen LogP contribution < -0.4 is 5.73 Å². The molecule has 1 atom stereocenters. The van der Waals surface area contributed by atoms with Gasteiger partial charge < -0.3 is 10.9 Å². The van der Waals surface area contributed by atoms with Crippen molar-refractivity contribution < 1.29 is 31.5 Å². The predicted molar refractivity (Wildman–Crippen MR) is 215 cm³/mol. The van der Waals surface area contributed by atoms with E-state index in [4.69, 9.17) is 15.7 Å². The third kappa shape index (κ3) is 7.79. The van der Waals surface area contributed by atoms with Crippen molar-refractivity contribution >= 4 is 27.5 Å². The van der Waals surface area contributed by atoms with E-state index in [9.17, 15) is 31.5 Å². The van der Waals surface area contributed by atoms with Gasteiger partial charge in [-0.2, -0.15) is 36.5 Å². The average Bonchev–Trinajstić information content (AvgIpc) is 3.90. The highest BCUT2D eigenvalue weighted by molar-refractivity contribution is 6.01. The molecule has 308 valence electrons. The molecule has 0 radical (unpaired) electrons. The van der Waals surface area contributed by atoms with Crippen LogP contribution in [0.1, 0.15) is 65.6 Å². The van der Waals surface area contributed by atoms with Gasteiger partial charge in [0.2, 0.25) is 0 Å². The van der Waals surface area contributed by atoms with Gasteiger partial charge in [0, 0.05) is 27.9 Å². The number of nitrogens with two attached hydrogens (primary N) is 1. The van der Waals surface area contributed by atoms with E-state index >= 15 is 0 Å². The summed E-state index contributed by atoms with van der Waals surface area (Å²) in [6.07, 6.45) is -0.484. The lowest BCUT2D eigenvalue weighted by Gasteiger charge is -2.21. The van der Waals surface area contributed by atoms with Gasteiger partial charge in [-0.3, -0.25) is 4.98 Å². The first-order valence-corrected chi connectivity index (χ1v) is 19.4. The van der Waals surface area contributed by atoms with E-state index in [1.54, 1.807) is 12.4 Å². The maximum atomic E-state index is 13.1. The molecule has 3 N–H and O–H groups in total. The maximum Gasteiger partial charge on any atom is 0.433 e. The minimum Gasteiger partial charge on any atom is -0.411 e. The molecule has 8 aromatic rings. The largest absolute Gasteiger partial charge is 0.433 e. The number of hydrogen-bond acceptors (Lipinski definition) is 9. The standard InChI is InChI=1S/C22H16F3N5O.C22H18F3N5/c23-22(24,25)19-5-2-6-20(28-19)30-18-11-14(7-8-15(18)12-26-30)16-10-9-13-3-1-4-17(29-31)21(13)27-16;23-22(24,25)19-5-2-6-20(29-19)30-18-11-14(7-8-15(18)12-27-30)17-10-9-13-3-1-4-16(26)21(13)28-17/h2,5-12,31H,1,3-4H2;2,5-12,16H,1,3-4,26H2/b29-17+;. The van der Waals surface area contributed by atoms with E-state index < -0.39 is 23.7 Å². The van der Waals surface area contributed by atoms with E-state index in [0.717, 1.165) is 83.1 Å². The van der Waals surface area contributed by atoms with Crippen molar-refractivity contribution in [3.63, 3.8) is 0 Å². The summed E-state index contributed by atoms with van der Waals surface area (Å²) in [6.45, 7) is 0. The minimum absolute atomic E-state index is 0.0720. The van der Waals surface area contributed by atoms with Crippen LogP contribution in [0.4, 0.5) is 26.3 Å². The van der Waals surface area contributed by atoms with Crippen LogP contribution in [0, 0.1) is 0 Å². The molecule has 11 nitrogen and oxygen atoms in total. The van der Waals surface area contributed by atoms with Crippen molar-refractivity contribution in [2.45, 2.75) is 56.9 Å². The van der Waals surface area contributed by atoms with Crippen molar-refractivity contribution in [1.29, 1.82) is 0 Å². The van der Waals surface area contributed by atoms with Crippen LogP contribution >= 0.6 is 0 Å². The molecule has 0 saturated carbocycles. The fraction of sp³-hybridized carbons (Fsp3) is 0.205. The molecule has 0 spiro atoms. The van der Waals surface area contributed by atoms with Gasteiger partial charge in [-0.25, -0.2) is 24.3 Å². The second-order valence-corrected chi connectivity index (χ2v) is 14.8. The van der Waals surface area contributed by atoms with Crippen LogP contribution in [0.5, 0.6) is 0 Å². The number of aryl methyl sites for hydroxylation is 2. The maximum absolute atomic E-state index is 13.1. The van der Waals surface area contributed by atoms with Crippen molar-refractivity contribution in [2.24, 2.45) is 10.9 Å². The molecule has 1 unspecified atom stereocenters. The Morgan fingerprint density at radius 3 is 1.70 bits per heavy atom. The Morgan fingerprint density at radius 1 is 0.607 bits per heavy atom. The summed E-state index contributed by atoms with van der Waals surface area (Å²) in [5, 5.41) is 22.7. The molecule has 0 fully saturated rings. The van der Waals surface area contributed by atoms with Gasteiger partial charge in [0.25, 0.3) is 0 Å². The van der Waals surface area contributed by atoms with E-state index in [1.165, 1.54) is 39.2 Å². The number of hydrogen-bond donors (Lipinski definition) is 2. The van der Waals surface area contributed by atoms with Gasteiger partial charge in [-0.1, -0.05) is 53.7 Å². The summed E-state index contributed by atoms with van der Waals surface area (Å²) < 4.78 is 81.2. The molecule has 0 amide bonds. The van der Waals surface area contributed by atoms with Crippen molar-refractivity contribution in [3.8, 4) is 34.2 Å². The number of benzene rings is 2. The summed E-state index contributed by atoms with van der Waals surface area (Å²) in [7, 11) is 0. The van der Waals surface area contributed by atoms with Gasteiger partial charge in [0.15, 0.2) is 11.6 Å². The highest BCUT2D eigenvalue weighted by Crippen LogP contribution is 2.33. The highest BCUT2D eigenvalue weighted by atomic mass is 19.4. The first-order chi connectivity index (χ1) is 29.3. The average molecular weight is 833 g/mol. The fourth-order valence-corrected chi connectivity index (χ4v) is 7.73. The first-order valence-electron chi connectivity index (χ1n) is 19.4. The molecule has 2 aromatic carbocycles. The lowest BCUT2D eigenvalue weighted by atomic mass is 9.92. The molecular weight excluding hydrogens is 799 g/mol. The summed E-state index contributed by atoms with van der Waals surface area (Å²) in [4.78, 5) is 17.0. The van der Waals surface area contributed by atoms with Crippen LogP contribution in [0.3, 0.4) is 0 Å². The highest BCUT2D eigenvalue weighted by Gasteiger charge is 2.34. The number of rotatable bonds is 4. The van der Waals surface area contributed by atoms with Gasteiger partial charge in [-0.05, 0) is 98.2 Å². The van der Waals surface area contributed by atoms with Crippen molar-refractivity contribution in [1.82, 2.24) is 39.5 Å². The zero-order valence-electron chi connectivity index (χ0n) is 32.0. The first kappa shape index (κ1) is 39.5. The lowest BCUT2D eigenvalue weighted by Crippen LogP contribution is -2.19. The Bertz CT molecular complexity index is 2970. The van der Waals surface area contributed by atoms with Crippen LogP contribution in [-0.2, 0) is 25.2 Å². The van der Waals surface area contributed by atoms with Crippen LogP contribution in [0.15, 0.2) is 115 Å². The molecule has 61 heavy (non-hydrogen) atoms. The normalized spacial score (nSPS) is 16.0. The smallest absolute Gasteiger partial charge is 0.411 e. The zero-order valence-corrected chi connectivity index (χ0v) is 32.0. The van der Waals surface area contributed by atoms with E-state index in [2.05, 4.69) is 31.4 Å². The number of pyridine rings is 4. The second-order valence-electron chi connectivity index (χ2n) is 14.8. The summed E-state index contributed by atoms with van der Waals surface area (Å²) in [6, 6.07) is 26.5. The number of fused-ring (bicyclic) bond motifs is 4. The number of aromatic nitrogens is 8. The Labute approximate surface area is 343 Å². The number of halogens is 6. The van der Waals surface area contributed by atoms with Crippen LogP contribution in [-0.4, -0.2) is 50.4 Å². The molecular formula is C44H34F6N10O. The SMILES string of the molecule is NC1CCCc2ccc(-c3ccc4cnn(-c5cccc(C(F)(F)F)n5)c4c3)nc21.O/N=C1\CCCc2ccc(-c3ccc4cnn(-c5cccc(C(F)(F)F)n5)c4c3)nc21. The molecule has 2 aliphatic carbocycles. The molecule has 0 aliphatic heterocycles. The summed E-state index contributed by atoms with van der Waals surface area (Å²) in [5.41, 5.74) is 13.0. The number of oxime groups is 1. The summed E-state index contributed by atoms with van der Waals surface area (Å²) >= 11 is 0. The molecule has 2 aliphatic rings. The van der Waals surface area contributed by atoms with E-state index in [-0.39, 0.29) is 17.7 Å².